The van der Waals surface area contributed by atoms with E-state index in [1.54, 1.807) is 5.57 Å². The minimum atomic E-state index is -2.00. The van der Waals surface area contributed by atoms with Crippen molar-refractivity contribution in [3.05, 3.63) is 77.7 Å². The Labute approximate surface area is 308 Å². The predicted molar refractivity (Wildman–Crippen MR) is 216 cm³/mol. The third-order valence-corrected chi connectivity index (χ3v) is 23.6. The largest absolute Gasteiger partial charge is 0.413 e. The highest BCUT2D eigenvalue weighted by Gasteiger charge is 2.52. The number of rotatable bonds is 10. The number of allylic oxidation sites excluding steroid dienone is 4. The molecule has 0 aromatic carbocycles. The fourth-order valence-electron chi connectivity index (χ4n) is 9.00. The van der Waals surface area contributed by atoms with E-state index in [-0.39, 0.29) is 33.1 Å². The third kappa shape index (κ3) is 8.00. The summed E-state index contributed by atoms with van der Waals surface area (Å²) in [6.07, 6.45) is 21.0. The maximum Gasteiger partial charge on any atom is 0.192 e. The first-order chi connectivity index (χ1) is 23.1. The van der Waals surface area contributed by atoms with Crippen molar-refractivity contribution in [2.75, 3.05) is 0 Å². The van der Waals surface area contributed by atoms with Gasteiger partial charge in [0, 0.05) is 23.7 Å². The minimum absolute atomic E-state index is 0.00646. The molecule has 4 saturated carbocycles. The third-order valence-electron chi connectivity index (χ3n) is 14.5. The van der Waals surface area contributed by atoms with E-state index >= 15 is 0 Å². The molecule has 1 aromatic heterocycles. The average molecular weight is 718 g/mol. The minimum Gasteiger partial charge on any atom is -0.413 e. The molecule has 50 heavy (non-hydrogen) atoms. The van der Waals surface area contributed by atoms with Crippen LogP contribution in [0, 0.1) is 23.2 Å². The van der Waals surface area contributed by atoms with Crippen LogP contribution in [0.25, 0.3) is 0 Å². The summed E-state index contributed by atoms with van der Waals surface area (Å²) >= 11 is 0. The second-order valence-corrected chi connectivity index (χ2v) is 29.4. The van der Waals surface area contributed by atoms with Crippen LogP contribution in [0.3, 0.4) is 0 Å². The first kappa shape index (κ1) is 39.6. The first-order valence-corrected chi connectivity index (χ1v) is 25.7. The van der Waals surface area contributed by atoms with Crippen molar-refractivity contribution in [2.45, 2.75) is 173 Å². The van der Waals surface area contributed by atoms with Crippen molar-refractivity contribution in [1.29, 1.82) is 0 Å². The summed E-state index contributed by atoms with van der Waals surface area (Å²) in [5.74, 6) is 1.65. The van der Waals surface area contributed by atoms with Gasteiger partial charge in [-0.1, -0.05) is 97.9 Å². The summed E-state index contributed by atoms with van der Waals surface area (Å²) in [5, 5.41) is 11.6. The molecule has 5 rings (SSSR count). The molecule has 7 atom stereocenters. The molecule has 0 aliphatic heterocycles. The number of pyridine rings is 1. The van der Waals surface area contributed by atoms with E-state index in [1.807, 2.05) is 18.3 Å². The predicted octanol–water partition coefficient (Wildman–Crippen LogP) is 11.9. The van der Waals surface area contributed by atoms with Crippen LogP contribution in [0.5, 0.6) is 0 Å². The molecular formula is C44H71NO3Si2. The molecule has 0 radical (unpaired) electrons. The molecule has 1 N–H and O–H groups in total. The summed E-state index contributed by atoms with van der Waals surface area (Å²) in [4.78, 5) is 4.61. The molecule has 0 unspecified atom stereocenters. The van der Waals surface area contributed by atoms with Crippen LogP contribution in [0.4, 0.5) is 0 Å². The zero-order valence-electron chi connectivity index (χ0n) is 33.9. The van der Waals surface area contributed by atoms with Crippen molar-refractivity contribution < 1.29 is 14.0 Å². The Morgan fingerprint density at radius 2 is 1.60 bits per heavy atom. The van der Waals surface area contributed by atoms with Gasteiger partial charge >= 0.3 is 0 Å². The molecule has 4 nitrogen and oxygen atoms in total. The quantitative estimate of drug-likeness (QED) is 0.193. The number of hydrogen-bond acceptors (Lipinski definition) is 4. The second kappa shape index (κ2) is 14.3. The van der Waals surface area contributed by atoms with Gasteiger partial charge in [-0.15, -0.1) is 0 Å². The summed E-state index contributed by atoms with van der Waals surface area (Å²) < 4.78 is 14.2. The zero-order valence-corrected chi connectivity index (χ0v) is 35.9. The lowest BCUT2D eigenvalue weighted by molar-refractivity contribution is 0.0969. The van der Waals surface area contributed by atoms with E-state index in [0.717, 1.165) is 31.4 Å². The van der Waals surface area contributed by atoms with Gasteiger partial charge in [-0.3, -0.25) is 4.98 Å². The van der Waals surface area contributed by atoms with E-state index in [2.05, 4.69) is 117 Å². The van der Waals surface area contributed by atoms with Gasteiger partial charge in [0.1, 0.15) is 0 Å². The van der Waals surface area contributed by atoms with E-state index in [4.69, 9.17) is 15.4 Å². The van der Waals surface area contributed by atoms with Crippen LogP contribution >= 0.6 is 0 Å². The number of nitrogens with zero attached hydrogens (tertiary/aromatic N) is 1. The van der Waals surface area contributed by atoms with E-state index < -0.39 is 22.7 Å². The Morgan fingerprint density at radius 1 is 0.940 bits per heavy atom. The van der Waals surface area contributed by atoms with Crippen molar-refractivity contribution in [3.8, 4) is 0 Å². The van der Waals surface area contributed by atoms with Crippen molar-refractivity contribution in [1.82, 2.24) is 4.98 Å². The highest BCUT2D eigenvalue weighted by molar-refractivity contribution is 6.74. The van der Waals surface area contributed by atoms with Crippen LogP contribution in [0.1, 0.15) is 119 Å². The zero-order chi connectivity index (χ0) is 36.9. The maximum atomic E-state index is 11.3. The Balaban J connectivity index is 1.35. The standard InChI is InChI=1S/C44H71NO3Si2/c1-31(19-24-40(46)44(26-27-44)39-18-14-15-28-45-39)36-22-23-37-33(17-16-25-43(36,37)9)20-21-34-29-35(47-49(10,11)41(3,4)5)30-38(32(34)2)48-50(12,13)42(6,7)8/h14-15,18-21,24,28,31,35-38,40,46H,2,16-17,22-23,25-27,29-30H2,1,3-13H3/b24-19+,33-20+,34-21-/t31-,35-,36-,37+,38+,40-,43-/m1/s1. The number of aliphatic hydroxyl groups is 1. The molecule has 278 valence electrons. The number of aromatic nitrogens is 1. The topological polar surface area (TPSA) is 51.6 Å². The molecule has 1 aromatic rings. The smallest absolute Gasteiger partial charge is 0.192 e. The fourth-order valence-corrected chi connectivity index (χ4v) is 11.7. The molecule has 4 aliphatic carbocycles. The summed E-state index contributed by atoms with van der Waals surface area (Å²) in [6.45, 7) is 33.2. The van der Waals surface area contributed by atoms with Gasteiger partial charge in [0.2, 0.25) is 0 Å². The summed E-state index contributed by atoms with van der Waals surface area (Å²) in [6, 6.07) is 6.07. The Hall–Kier alpha value is -1.58. The van der Waals surface area contributed by atoms with Gasteiger partial charge in [0.05, 0.1) is 18.3 Å². The van der Waals surface area contributed by atoms with Gasteiger partial charge in [0.25, 0.3) is 0 Å². The lowest BCUT2D eigenvalue weighted by Crippen LogP contribution is -2.49. The normalized spacial score (nSPS) is 32.1. The molecule has 4 aliphatic rings. The fraction of sp³-hybridized carbons (Fsp3) is 0.705. The summed E-state index contributed by atoms with van der Waals surface area (Å²) in [7, 11) is -3.95. The second-order valence-electron chi connectivity index (χ2n) is 19.9. The SMILES string of the molecule is C=C1/C(=C\C=C2/CCC[C@]3(C)[C@@H]([C@H](C)/C=C/[C@@H](O)C4(c5ccccn5)CC4)CC[C@@H]23)C[C@@H](O[Si](C)(C)C(C)(C)C)C[C@@H]1O[Si](C)(C)C(C)(C)C. The molecule has 6 heteroatoms. The van der Waals surface area contributed by atoms with Gasteiger partial charge < -0.3 is 14.0 Å². The van der Waals surface area contributed by atoms with Crippen LogP contribution in [0.15, 0.2) is 72.0 Å². The lowest BCUT2D eigenvalue weighted by Gasteiger charge is -2.45. The van der Waals surface area contributed by atoms with Crippen LogP contribution in [-0.4, -0.2) is 45.0 Å². The van der Waals surface area contributed by atoms with E-state index in [0.29, 0.717) is 17.8 Å². The molecule has 0 saturated heterocycles. The highest BCUT2D eigenvalue weighted by atomic mass is 28.4. The Morgan fingerprint density at radius 3 is 2.20 bits per heavy atom. The first-order valence-electron chi connectivity index (χ1n) is 19.8. The lowest BCUT2D eigenvalue weighted by atomic mass is 9.61. The maximum absolute atomic E-state index is 11.3. The van der Waals surface area contributed by atoms with Crippen molar-refractivity contribution in [2.24, 2.45) is 23.2 Å². The van der Waals surface area contributed by atoms with Gasteiger partial charge in [-0.05, 0) is 134 Å². The van der Waals surface area contributed by atoms with E-state index in [9.17, 15) is 5.11 Å². The van der Waals surface area contributed by atoms with Crippen LogP contribution < -0.4 is 0 Å². The number of aliphatic hydroxyl groups excluding tert-OH is 1. The number of hydrogen-bond donors (Lipinski definition) is 1. The average Bonchev–Trinajstić information content (AvgIpc) is 3.75. The van der Waals surface area contributed by atoms with Crippen LogP contribution in [0.2, 0.25) is 36.3 Å². The van der Waals surface area contributed by atoms with Crippen LogP contribution in [-0.2, 0) is 14.3 Å². The Kier molecular flexibility index (Phi) is 11.4. The van der Waals surface area contributed by atoms with Crippen molar-refractivity contribution in [3.63, 3.8) is 0 Å². The Bertz CT molecular complexity index is 1460. The molecular weight excluding hydrogens is 647 g/mol. The number of fused-ring (bicyclic) bond motifs is 1. The van der Waals surface area contributed by atoms with Gasteiger partial charge in [-0.2, -0.15) is 0 Å². The molecule has 0 amide bonds. The van der Waals surface area contributed by atoms with Gasteiger partial charge in [0.15, 0.2) is 16.6 Å². The van der Waals surface area contributed by atoms with Crippen molar-refractivity contribution >= 4 is 16.6 Å². The van der Waals surface area contributed by atoms with Gasteiger partial charge in [-0.25, -0.2) is 0 Å². The monoisotopic (exact) mass is 717 g/mol. The molecule has 1 heterocycles. The highest BCUT2D eigenvalue weighted by Crippen LogP contribution is 2.60. The molecule has 0 spiro atoms. The van der Waals surface area contributed by atoms with E-state index in [1.165, 1.54) is 43.3 Å². The molecule has 0 bridgehead atoms. The summed E-state index contributed by atoms with van der Waals surface area (Å²) in [5.41, 5.74) is 5.23. The molecule has 4 fully saturated rings.